The molecule has 0 bridgehead atoms. The zero-order chi connectivity index (χ0) is 13.4. The number of benzene rings is 1. The summed E-state index contributed by atoms with van der Waals surface area (Å²) in [4.78, 5) is 7.83. The quantitative estimate of drug-likeness (QED) is 0.711. The van der Waals surface area contributed by atoms with Crippen LogP contribution in [-0.2, 0) is 0 Å². The van der Waals surface area contributed by atoms with Crippen molar-refractivity contribution in [2.45, 2.75) is 6.92 Å². The molecule has 92 valence electrons. The molecule has 0 unspecified atom stereocenters. The van der Waals surface area contributed by atoms with Gasteiger partial charge in [0.05, 0.1) is 23.5 Å². The van der Waals surface area contributed by atoms with Gasteiger partial charge in [0.2, 0.25) is 5.88 Å². The maximum atomic E-state index is 9.64. The molecule has 6 heteroatoms. The largest absolute Gasteiger partial charge is 0.493 e. The van der Waals surface area contributed by atoms with E-state index in [2.05, 4.69) is 21.1 Å². The van der Waals surface area contributed by atoms with Crippen LogP contribution in [0, 0.1) is 18.3 Å². The first-order valence-corrected chi connectivity index (χ1v) is 5.60. The zero-order valence-electron chi connectivity index (χ0n) is 10.1. The normalized spacial score (nSPS) is 10.5. The molecule has 0 fully saturated rings. The number of nitrogens with zero attached hydrogens (tertiary/aromatic N) is 5. The SMILES string of the molecule is Cc1c(C#N)cccc1-n1ncc2c(O)ncnc21. The van der Waals surface area contributed by atoms with E-state index in [4.69, 9.17) is 5.26 Å². The number of aromatic nitrogens is 4. The van der Waals surface area contributed by atoms with Crippen molar-refractivity contribution in [1.82, 2.24) is 19.7 Å². The minimum absolute atomic E-state index is 0.106. The number of rotatable bonds is 1. The monoisotopic (exact) mass is 251 g/mol. The van der Waals surface area contributed by atoms with Crippen LogP contribution >= 0.6 is 0 Å². The molecule has 0 aliphatic rings. The second kappa shape index (κ2) is 4.07. The van der Waals surface area contributed by atoms with Gasteiger partial charge in [-0.1, -0.05) is 6.07 Å². The average molecular weight is 251 g/mol. The molecule has 0 saturated heterocycles. The highest BCUT2D eigenvalue weighted by atomic mass is 16.3. The number of hydrogen-bond donors (Lipinski definition) is 1. The van der Waals surface area contributed by atoms with Crippen molar-refractivity contribution < 1.29 is 5.11 Å². The molecule has 0 aliphatic heterocycles. The van der Waals surface area contributed by atoms with Crippen LogP contribution in [0.25, 0.3) is 16.7 Å². The van der Waals surface area contributed by atoms with Crippen LogP contribution in [0.5, 0.6) is 5.88 Å². The Labute approximate surface area is 108 Å². The predicted molar refractivity (Wildman–Crippen MR) is 67.8 cm³/mol. The van der Waals surface area contributed by atoms with Gasteiger partial charge >= 0.3 is 0 Å². The van der Waals surface area contributed by atoms with Crippen molar-refractivity contribution in [2.75, 3.05) is 0 Å². The maximum Gasteiger partial charge on any atom is 0.225 e. The van der Waals surface area contributed by atoms with Crippen molar-refractivity contribution in [2.24, 2.45) is 0 Å². The predicted octanol–water partition coefficient (Wildman–Crippen LogP) is 1.70. The summed E-state index contributed by atoms with van der Waals surface area (Å²) in [5.74, 6) is -0.106. The van der Waals surface area contributed by atoms with E-state index in [9.17, 15) is 5.11 Å². The second-order valence-corrected chi connectivity index (χ2v) is 4.05. The molecular weight excluding hydrogens is 242 g/mol. The van der Waals surface area contributed by atoms with E-state index in [1.807, 2.05) is 13.0 Å². The van der Waals surface area contributed by atoms with Gasteiger partial charge in [-0.2, -0.15) is 10.4 Å². The highest BCUT2D eigenvalue weighted by molar-refractivity contribution is 5.81. The van der Waals surface area contributed by atoms with E-state index in [0.29, 0.717) is 16.6 Å². The standard InChI is InChI=1S/C13H9N5O/c1-8-9(5-14)3-2-4-11(8)18-12-10(6-17-18)13(19)16-7-15-12/h2-4,6-7H,1H3,(H,15,16,19). The Hall–Kier alpha value is -2.94. The third kappa shape index (κ3) is 1.60. The third-order valence-electron chi connectivity index (χ3n) is 3.00. The summed E-state index contributed by atoms with van der Waals surface area (Å²) < 4.78 is 1.59. The summed E-state index contributed by atoms with van der Waals surface area (Å²) in [6, 6.07) is 7.52. The molecule has 1 aromatic carbocycles. The van der Waals surface area contributed by atoms with E-state index in [-0.39, 0.29) is 5.88 Å². The van der Waals surface area contributed by atoms with Crippen molar-refractivity contribution in [3.05, 3.63) is 41.9 Å². The Morgan fingerprint density at radius 1 is 1.32 bits per heavy atom. The fourth-order valence-electron chi connectivity index (χ4n) is 1.98. The van der Waals surface area contributed by atoms with Crippen LogP contribution < -0.4 is 0 Å². The topological polar surface area (TPSA) is 87.6 Å². The van der Waals surface area contributed by atoms with E-state index in [0.717, 1.165) is 11.3 Å². The van der Waals surface area contributed by atoms with Crippen LogP contribution in [-0.4, -0.2) is 24.9 Å². The van der Waals surface area contributed by atoms with Gasteiger partial charge in [-0.05, 0) is 24.6 Å². The molecular formula is C13H9N5O. The first kappa shape index (κ1) is 11.2. The van der Waals surface area contributed by atoms with Crippen molar-refractivity contribution in [1.29, 1.82) is 5.26 Å². The van der Waals surface area contributed by atoms with Crippen LogP contribution in [0.4, 0.5) is 0 Å². The van der Waals surface area contributed by atoms with Gasteiger partial charge in [-0.15, -0.1) is 0 Å². The van der Waals surface area contributed by atoms with Crippen LogP contribution in [0.15, 0.2) is 30.7 Å². The molecule has 0 aliphatic carbocycles. The highest BCUT2D eigenvalue weighted by Gasteiger charge is 2.13. The summed E-state index contributed by atoms with van der Waals surface area (Å²) in [6.45, 7) is 1.85. The Balaban J connectivity index is 2.32. The van der Waals surface area contributed by atoms with Gasteiger partial charge in [0, 0.05) is 0 Å². The molecule has 19 heavy (non-hydrogen) atoms. The molecule has 3 aromatic rings. The molecule has 0 atom stereocenters. The van der Waals surface area contributed by atoms with Crippen LogP contribution in [0.1, 0.15) is 11.1 Å². The zero-order valence-corrected chi connectivity index (χ0v) is 10.1. The summed E-state index contributed by atoms with van der Waals surface area (Å²) in [5.41, 5.74) is 2.66. The number of hydrogen-bond acceptors (Lipinski definition) is 5. The van der Waals surface area contributed by atoms with E-state index in [1.54, 1.807) is 16.8 Å². The molecule has 0 amide bonds. The Kier molecular flexibility index (Phi) is 2.39. The molecule has 0 radical (unpaired) electrons. The van der Waals surface area contributed by atoms with E-state index < -0.39 is 0 Å². The first-order chi connectivity index (χ1) is 9.22. The second-order valence-electron chi connectivity index (χ2n) is 4.05. The minimum atomic E-state index is -0.106. The Morgan fingerprint density at radius 2 is 2.16 bits per heavy atom. The molecule has 1 N–H and O–H groups in total. The van der Waals surface area contributed by atoms with Gasteiger partial charge in [-0.3, -0.25) is 0 Å². The number of fused-ring (bicyclic) bond motifs is 1. The minimum Gasteiger partial charge on any atom is -0.493 e. The van der Waals surface area contributed by atoms with Gasteiger partial charge in [0.1, 0.15) is 11.7 Å². The summed E-state index contributed by atoms with van der Waals surface area (Å²) >= 11 is 0. The molecule has 2 aromatic heterocycles. The Bertz CT molecular complexity index is 816. The van der Waals surface area contributed by atoms with Gasteiger partial charge in [0.25, 0.3) is 0 Å². The lowest BCUT2D eigenvalue weighted by Gasteiger charge is -2.07. The third-order valence-corrected chi connectivity index (χ3v) is 3.00. The lowest BCUT2D eigenvalue weighted by Crippen LogP contribution is -2.01. The lowest BCUT2D eigenvalue weighted by atomic mass is 10.1. The van der Waals surface area contributed by atoms with Gasteiger partial charge in [0.15, 0.2) is 5.65 Å². The fraction of sp³-hybridized carbons (Fsp3) is 0.0769. The smallest absolute Gasteiger partial charge is 0.225 e. The van der Waals surface area contributed by atoms with Gasteiger partial charge < -0.3 is 5.11 Å². The molecule has 0 spiro atoms. The maximum absolute atomic E-state index is 9.64. The van der Waals surface area contributed by atoms with Gasteiger partial charge in [-0.25, -0.2) is 14.6 Å². The van der Waals surface area contributed by atoms with Crippen LogP contribution in [0.3, 0.4) is 0 Å². The number of aromatic hydroxyl groups is 1. The molecule has 3 rings (SSSR count). The Morgan fingerprint density at radius 3 is 2.95 bits per heavy atom. The molecule has 2 heterocycles. The first-order valence-electron chi connectivity index (χ1n) is 5.60. The highest BCUT2D eigenvalue weighted by Crippen LogP contribution is 2.24. The summed E-state index contributed by atoms with van der Waals surface area (Å²) in [7, 11) is 0. The van der Waals surface area contributed by atoms with E-state index >= 15 is 0 Å². The fourth-order valence-corrected chi connectivity index (χ4v) is 1.98. The molecule has 0 saturated carbocycles. The lowest BCUT2D eigenvalue weighted by molar-refractivity contribution is 0.459. The van der Waals surface area contributed by atoms with Crippen molar-refractivity contribution in [3.63, 3.8) is 0 Å². The molecule has 6 nitrogen and oxygen atoms in total. The summed E-state index contributed by atoms with van der Waals surface area (Å²) in [5, 5.41) is 23.4. The van der Waals surface area contributed by atoms with Crippen molar-refractivity contribution in [3.8, 4) is 17.6 Å². The number of nitriles is 1. The average Bonchev–Trinajstić information content (AvgIpc) is 2.84. The van der Waals surface area contributed by atoms with Crippen molar-refractivity contribution >= 4 is 11.0 Å². The summed E-state index contributed by atoms with van der Waals surface area (Å²) in [6.07, 6.45) is 2.78. The van der Waals surface area contributed by atoms with E-state index in [1.165, 1.54) is 12.5 Å². The van der Waals surface area contributed by atoms with Crippen LogP contribution in [0.2, 0.25) is 0 Å².